The predicted octanol–water partition coefficient (Wildman–Crippen LogP) is 4.47. The lowest BCUT2D eigenvalue weighted by molar-refractivity contribution is -0.129. The third kappa shape index (κ3) is 5.14. The first kappa shape index (κ1) is 21.5. The summed E-state index contributed by atoms with van der Waals surface area (Å²) in [5.74, 6) is 3.70. The van der Waals surface area contributed by atoms with Crippen molar-refractivity contribution in [2.24, 2.45) is 16.6 Å². The molecule has 2 N–H and O–H groups in total. The van der Waals surface area contributed by atoms with Gasteiger partial charge in [-0.1, -0.05) is 45.0 Å². The van der Waals surface area contributed by atoms with Gasteiger partial charge < -0.3 is 5.73 Å². The van der Waals surface area contributed by atoms with Gasteiger partial charge in [-0.15, -0.1) is 0 Å². The van der Waals surface area contributed by atoms with Gasteiger partial charge in [-0.25, -0.2) is 0 Å². The van der Waals surface area contributed by atoms with Crippen LogP contribution in [0.15, 0.2) is 24.3 Å². The fourth-order valence-corrected chi connectivity index (χ4v) is 6.00. The van der Waals surface area contributed by atoms with Gasteiger partial charge in [0, 0.05) is 40.3 Å². The molecular weight excluding hydrogens is 362 g/mol. The highest BCUT2D eigenvalue weighted by Gasteiger charge is 2.36. The van der Waals surface area contributed by atoms with Crippen molar-refractivity contribution in [2.45, 2.75) is 51.5 Å². The second-order valence-corrected chi connectivity index (χ2v) is 9.75. The van der Waals surface area contributed by atoms with Crippen LogP contribution < -0.4 is 5.73 Å². The molecule has 1 aliphatic heterocycles. The molecule has 0 amide bonds. The molecule has 0 aromatic heterocycles. The quantitative estimate of drug-likeness (QED) is 0.821. The number of nitrogens with two attached hydrogens (primary N) is 1. The average molecular weight is 394 g/mol. The van der Waals surface area contributed by atoms with Crippen molar-refractivity contribution in [3.63, 3.8) is 0 Å². The maximum Gasteiger partial charge on any atom is 0.153 e. The lowest BCUT2D eigenvalue weighted by atomic mass is 9.77. The van der Waals surface area contributed by atoms with Crippen LogP contribution in [0.3, 0.4) is 0 Å². The van der Waals surface area contributed by atoms with Crippen LogP contribution in [0, 0.1) is 10.8 Å². The fourth-order valence-electron chi connectivity index (χ4n) is 3.22. The Morgan fingerprint density at radius 3 is 2.23 bits per heavy atom. The summed E-state index contributed by atoms with van der Waals surface area (Å²) in [6.07, 6.45) is 1.88. The zero-order chi connectivity index (χ0) is 19.2. The first-order chi connectivity index (χ1) is 12.3. The number of thioether (sulfide) groups is 2. The lowest BCUT2D eigenvalue weighted by Gasteiger charge is -2.30. The van der Waals surface area contributed by atoms with E-state index >= 15 is 0 Å². The molecule has 0 spiro atoms. The number of Topliss-reactive ketones (excluding diaryl/α,β-unsaturated/α-hetero) is 2. The van der Waals surface area contributed by atoms with Gasteiger partial charge in [0.05, 0.1) is 6.54 Å². The van der Waals surface area contributed by atoms with Crippen molar-refractivity contribution < 1.29 is 9.59 Å². The van der Waals surface area contributed by atoms with Crippen LogP contribution in [0.4, 0.5) is 0 Å². The molecule has 1 aromatic rings. The minimum absolute atomic E-state index is 0.0444. The van der Waals surface area contributed by atoms with Gasteiger partial charge in [0.15, 0.2) is 5.78 Å². The molecule has 1 heterocycles. The van der Waals surface area contributed by atoms with Crippen molar-refractivity contribution in [3.05, 3.63) is 35.4 Å². The van der Waals surface area contributed by atoms with E-state index < -0.39 is 5.41 Å². The monoisotopic (exact) mass is 393 g/mol. The Kier molecular flexibility index (Phi) is 7.80. The molecule has 3 nitrogen and oxygen atoms in total. The summed E-state index contributed by atoms with van der Waals surface area (Å²) in [4.78, 5) is 25.5. The van der Waals surface area contributed by atoms with E-state index in [0.717, 1.165) is 23.7 Å². The minimum Gasteiger partial charge on any atom is -0.324 e. The molecular formula is C21H31NO2S2. The van der Waals surface area contributed by atoms with Gasteiger partial charge in [0.25, 0.3) is 0 Å². The molecule has 0 saturated heterocycles. The minimum atomic E-state index is -0.528. The maximum absolute atomic E-state index is 13.0. The van der Waals surface area contributed by atoms with Crippen molar-refractivity contribution in [1.29, 1.82) is 0 Å². The molecule has 0 radical (unpaired) electrons. The Morgan fingerprint density at radius 2 is 1.69 bits per heavy atom. The molecule has 0 saturated carbocycles. The SMILES string of the molecule is CC[C@@]1(C)CSCc2ccccc2CSC[C@@](C)(C(=O)CN)CCC1=O. The second kappa shape index (κ2) is 9.43. The van der Waals surface area contributed by atoms with Gasteiger partial charge >= 0.3 is 0 Å². The second-order valence-electron chi connectivity index (χ2n) is 7.78. The summed E-state index contributed by atoms with van der Waals surface area (Å²) in [6.45, 7) is 6.18. The number of carbonyl (C=O) groups is 2. The summed E-state index contributed by atoms with van der Waals surface area (Å²) in [6, 6.07) is 8.51. The zero-order valence-corrected chi connectivity index (χ0v) is 17.8. The maximum atomic E-state index is 13.0. The van der Waals surface area contributed by atoms with Gasteiger partial charge in [0.2, 0.25) is 0 Å². The van der Waals surface area contributed by atoms with Crippen LogP contribution in [0.5, 0.6) is 0 Å². The highest BCUT2D eigenvalue weighted by atomic mass is 32.2. The molecule has 1 aromatic carbocycles. The molecule has 0 fully saturated rings. The third-order valence-electron chi connectivity index (χ3n) is 5.69. The molecule has 5 heteroatoms. The molecule has 144 valence electrons. The first-order valence-electron chi connectivity index (χ1n) is 9.33. The van der Waals surface area contributed by atoms with Crippen LogP contribution in [-0.4, -0.2) is 29.6 Å². The lowest BCUT2D eigenvalue weighted by Crippen LogP contribution is -2.38. The van der Waals surface area contributed by atoms with E-state index in [2.05, 4.69) is 38.1 Å². The summed E-state index contributed by atoms with van der Waals surface area (Å²) >= 11 is 3.62. The largest absolute Gasteiger partial charge is 0.324 e. The summed E-state index contributed by atoms with van der Waals surface area (Å²) in [5.41, 5.74) is 7.48. The molecule has 1 aliphatic rings. The fraction of sp³-hybridized carbons (Fsp3) is 0.619. The van der Waals surface area contributed by atoms with E-state index in [4.69, 9.17) is 5.73 Å². The number of carbonyl (C=O) groups excluding carboxylic acids is 2. The van der Waals surface area contributed by atoms with E-state index in [-0.39, 0.29) is 23.5 Å². The van der Waals surface area contributed by atoms with Crippen LogP contribution in [0.25, 0.3) is 0 Å². The van der Waals surface area contributed by atoms with E-state index in [1.54, 1.807) is 11.8 Å². The average Bonchev–Trinajstić information content (AvgIpc) is 2.66. The summed E-state index contributed by atoms with van der Waals surface area (Å²) in [5, 5.41) is 0. The standard InChI is InChI=1S/C21H31NO2S2/c1-4-20(2)14-25-12-16-7-5-6-8-17(16)13-26-15-21(3,19(24)11-22)10-9-18(20)23/h5-8H,4,9-15,22H2,1-3H3/t20-,21-/m0/s1. The van der Waals surface area contributed by atoms with Crippen molar-refractivity contribution in [2.75, 3.05) is 18.1 Å². The number of hydrogen-bond donors (Lipinski definition) is 1. The number of fused-ring (bicyclic) bond motifs is 1. The predicted molar refractivity (Wildman–Crippen MR) is 114 cm³/mol. The van der Waals surface area contributed by atoms with E-state index in [9.17, 15) is 9.59 Å². The topological polar surface area (TPSA) is 60.2 Å². The van der Waals surface area contributed by atoms with Crippen molar-refractivity contribution >= 4 is 35.1 Å². The molecule has 0 unspecified atom stereocenters. The van der Waals surface area contributed by atoms with Crippen LogP contribution in [-0.2, 0) is 21.1 Å². The molecule has 26 heavy (non-hydrogen) atoms. The number of hydrogen-bond acceptors (Lipinski definition) is 5. The Labute approximate surface area is 166 Å². The van der Waals surface area contributed by atoms with Crippen molar-refractivity contribution in [1.82, 2.24) is 0 Å². The van der Waals surface area contributed by atoms with Crippen LogP contribution in [0.2, 0.25) is 0 Å². The molecule has 0 bridgehead atoms. The highest BCUT2D eigenvalue weighted by molar-refractivity contribution is 7.98. The third-order valence-corrected chi connectivity index (χ3v) is 8.40. The molecule has 2 rings (SSSR count). The molecule has 0 aliphatic carbocycles. The zero-order valence-electron chi connectivity index (χ0n) is 16.2. The Bertz CT molecular complexity index is 649. The number of rotatable bonds is 3. The number of ketones is 2. The summed E-state index contributed by atoms with van der Waals surface area (Å²) in [7, 11) is 0. The van der Waals surface area contributed by atoms with Gasteiger partial charge in [-0.05, 0) is 24.0 Å². The van der Waals surface area contributed by atoms with Gasteiger partial charge in [-0.3, -0.25) is 9.59 Å². The normalized spacial score (nSPS) is 28.4. The van der Waals surface area contributed by atoms with Gasteiger partial charge in [-0.2, -0.15) is 23.5 Å². The number of benzene rings is 1. The molecule has 2 atom stereocenters. The van der Waals surface area contributed by atoms with E-state index in [0.29, 0.717) is 18.6 Å². The van der Waals surface area contributed by atoms with Gasteiger partial charge in [0.1, 0.15) is 5.78 Å². The van der Waals surface area contributed by atoms with Crippen molar-refractivity contribution in [3.8, 4) is 0 Å². The Balaban J connectivity index is 2.30. The Morgan fingerprint density at radius 1 is 1.12 bits per heavy atom. The summed E-state index contributed by atoms with van der Waals surface area (Å²) < 4.78 is 0. The van der Waals surface area contributed by atoms with E-state index in [1.807, 2.05) is 18.7 Å². The Hall–Kier alpha value is -0.780. The van der Waals surface area contributed by atoms with E-state index in [1.165, 1.54) is 11.1 Å². The smallest absolute Gasteiger partial charge is 0.153 e. The van der Waals surface area contributed by atoms with Crippen LogP contribution in [0.1, 0.15) is 51.2 Å². The highest BCUT2D eigenvalue weighted by Crippen LogP contribution is 2.37. The first-order valence-corrected chi connectivity index (χ1v) is 11.6. The van der Waals surface area contributed by atoms with Crippen LogP contribution >= 0.6 is 23.5 Å².